The summed E-state index contributed by atoms with van der Waals surface area (Å²) in [7, 11) is 0. The lowest BCUT2D eigenvalue weighted by atomic mass is 9.80. The summed E-state index contributed by atoms with van der Waals surface area (Å²) in [6.07, 6.45) is 5.67. The predicted molar refractivity (Wildman–Crippen MR) is 89.4 cm³/mol. The van der Waals surface area contributed by atoms with Crippen molar-refractivity contribution in [3.8, 4) is 0 Å². The molecule has 3 rings (SSSR count). The standard InChI is InChI=1S/C16H28N6O/c1-3-13-20-14-7-6-12(10-22(14)21-13)19-15(17-4-2)18-11-16(23)8-5-9-16/h12,23H,3-11H2,1-2H3,(H2,17,18,19). The van der Waals surface area contributed by atoms with Gasteiger partial charge in [0.1, 0.15) is 5.82 Å². The van der Waals surface area contributed by atoms with Gasteiger partial charge in [-0.15, -0.1) is 0 Å². The van der Waals surface area contributed by atoms with Gasteiger partial charge in [-0.2, -0.15) is 5.10 Å². The highest BCUT2D eigenvalue weighted by Gasteiger charge is 2.34. The molecule has 7 nitrogen and oxygen atoms in total. The quantitative estimate of drug-likeness (QED) is 0.547. The highest BCUT2D eigenvalue weighted by Crippen LogP contribution is 2.31. The summed E-state index contributed by atoms with van der Waals surface area (Å²) in [6, 6.07) is 0.294. The van der Waals surface area contributed by atoms with Crippen LogP contribution < -0.4 is 10.6 Å². The molecule has 1 aliphatic heterocycles. The molecule has 1 aromatic rings. The number of hydrogen-bond donors (Lipinski definition) is 3. The van der Waals surface area contributed by atoms with Crippen LogP contribution in [0, 0.1) is 0 Å². The van der Waals surface area contributed by atoms with Gasteiger partial charge in [-0.05, 0) is 32.6 Å². The summed E-state index contributed by atoms with van der Waals surface area (Å²) in [5.74, 6) is 2.80. The van der Waals surface area contributed by atoms with E-state index >= 15 is 0 Å². The van der Waals surface area contributed by atoms with Crippen molar-refractivity contribution in [3.05, 3.63) is 11.6 Å². The van der Waals surface area contributed by atoms with Gasteiger partial charge in [-0.3, -0.25) is 4.99 Å². The minimum Gasteiger partial charge on any atom is -0.388 e. The summed E-state index contributed by atoms with van der Waals surface area (Å²) in [4.78, 5) is 9.13. The number of nitrogens with zero attached hydrogens (tertiary/aromatic N) is 4. The molecule has 2 aliphatic rings. The van der Waals surface area contributed by atoms with Gasteiger partial charge in [0.25, 0.3) is 0 Å². The van der Waals surface area contributed by atoms with E-state index < -0.39 is 5.60 Å². The number of aromatic nitrogens is 3. The normalized spacial score (nSPS) is 23.1. The van der Waals surface area contributed by atoms with E-state index in [9.17, 15) is 5.11 Å². The molecule has 2 heterocycles. The van der Waals surface area contributed by atoms with E-state index in [0.717, 1.165) is 69.2 Å². The third-order valence-corrected chi connectivity index (χ3v) is 4.72. The van der Waals surface area contributed by atoms with Crippen LogP contribution in [-0.4, -0.2) is 50.6 Å². The Bertz CT molecular complexity index is 563. The average Bonchev–Trinajstić information content (AvgIpc) is 2.93. The molecular weight excluding hydrogens is 292 g/mol. The number of fused-ring (bicyclic) bond motifs is 1. The number of hydrogen-bond acceptors (Lipinski definition) is 4. The Balaban J connectivity index is 1.60. The highest BCUT2D eigenvalue weighted by molar-refractivity contribution is 5.80. The summed E-state index contributed by atoms with van der Waals surface area (Å²) in [5, 5.41) is 21.5. The Morgan fingerprint density at radius 1 is 1.43 bits per heavy atom. The number of aliphatic hydroxyl groups is 1. The molecule has 0 saturated heterocycles. The molecule has 0 amide bonds. The van der Waals surface area contributed by atoms with Crippen LogP contribution in [0.2, 0.25) is 0 Å². The summed E-state index contributed by atoms with van der Waals surface area (Å²) in [6.45, 7) is 6.24. The number of guanidine groups is 1. The average molecular weight is 320 g/mol. The second kappa shape index (κ2) is 6.86. The molecule has 0 aromatic carbocycles. The molecule has 3 N–H and O–H groups in total. The lowest BCUT2D eigenvalue weighted by Crippen LogP contribution is -2.48. The topological polar surface area (TPSA) is 87.4 Å². The first-order valence-electron chi connectivity index (χ1n) is 8.81. The smallest absolute Gasteiger partial charge is 0.191 e. The van der Waals surface area contributed by atoms with E-state index in [1.54, 1.807) is 0 Å². The molecule has 1 aliphatic carbocycles. The fourth-order valence-corrected chi connectivity index (χ4v) is 3.11. The molecule has 1 atom stereocenters. The Morgan fingerprint density at radius 2 is 2.26 bits per heavy atom. The SMILES string of the molecule is CCNC(=NCC1(O)CCC1)NC1CCc2nc(CC)nn2C1. The first-order chi connectivity index (χ1) is 11.1. The fraction of sp³-hybridized carbons (Fsp3) is 0.812. The van der Waals surface area contributed by atoms with Crippen LogP contribution in [0.1, 0.15) is 51.2 Å². The van der Waals surface area contributed by atoms with Crippen molar-refractivity contribution >= 4 is 5.96 Å². The van der Waals surface area contributed by atoms with Gasteiger partial charge in [0.15, 0.2) is 11.8 Å². The zero-order valence-electron chi connectivity index (χ0n) is 14.2. The van der Waals surface area contributed by atoms with Crippen molar-refractivity contribution in [2.24, 2.45) is 4.99 Å². The Hall–Kier alpha value is -1.63. The monoisotopic (exact) mass is 320 g/mol. The van der Waals surface area contributed by atoms with Crippen LogP contribution in [0.5, 0.6) is 0 Å². The molecule has 0 radical (unpaired) electrons. The summed E-state index contributed by atoms with van der Waals surface area (Å²) >= 11 is 0. The Labute approximate surface area is 137 Å². The van der Waals surface area contributed by atoms with Gasteiger partial charge >= 0.3 is 0 Å². The molecule has 128 valence electrons. The van der Waals surface area contributed by atoms with Gasteiger partial charge in [0.05, 0.1) is 18.7 Å². The first kappa shape index (κ1) is 16.2. The van der Waals surface area contributed by atoms with Crippen LogP contribution in [0.3, 0.4) is 0 Å². The minimum absolute atomic E-state index is 0.294. The maximum absolute atomic E-state index is 10.2. The summed E-state index contributed by atoms with van der Waals surface area (Å²) in [5.41, 5.74) is -0.579. The third-order valence-electron chi connectivity index (χ3n) is 4.72. The third kappa shape index (κ3) is 3.83. The Kier molecular flexibility index (Phi) is 4.84. The molecule has 0 bridgehead atoms. The van der Waals surface area contributed by atoms with Crippen molar-refractivity contribution < 1.29 is 5.11 Å². The maximum Gasteiger partial charge on any atom is 0.191 e. The molecule has 0 spiro atoms. The minimum atomic E-state index is -0.579. The van der Waals surface area contributed by atoms with E-state index in [2.05, 4.69) is 39.6 Å². The van der Waals surface area contributed by atoms with Crippen molar-refractivity contribution in [3.63, 3.8) is 0 Å². The van der Waals surface area contributed by atoms with Crippen LogP contribution in [0.15, 0.2) is 4.99 Å². The molecule has 1 fully saturated rings. The molecule has 1 saturated carbocycles. The van der Waals surface area contributed by atoms with Crippen LogP contribution in [0.4, 0.5) is 0 Å². The number of rotatable bonds is 5. The molecule has 1 unspecified atom stereocenters. The maximum atomic E-state index is 10.2. The highest BCUT2D eigenvalue weighted by atomic mass is 16.3. The van der Waals surface area contributed by atoms with E-state index in [0.29, 0.717) is 12.6 Å². The van der Waals surface area contributed by atoms with Crippen molar-refractivity contribution in [1.82, 2.24) is 25.4 Å². The van der Waals surface area contributed by atoms with E-state index in [-0.39, 0.29) is 0 Å². The lowest BCUT2D eigenvalue weighted by molar-refractivity contribution is -0.0236. The molecular formula is C16H28N6O. The van der Waals surface area contributed by atoms with Gasteiger partial charge < -0.3 is 15.7 Å². The Morgan fingerprint density at radius 3 is 2.91 bits per heavy atom. The zero-order valence-corrected chi connectivity index (χ0v) is 14.2. The van der Waals surface area contributed by atoms with Crippen LogP contribution >= 0.6 is 0 Å². The number of aryl methyl sites for hydroxylation is 2. The molecule has 23 heavy (non-hydrogen) atoms. The molecule has 1 aromatic heterocycles. The van der Waals surface area contributed by atoms with Crippen LogP contribution in [-0.2, 0) is 19.4 Å². The predicted octanol–water partition coefficient (Wildman–Crippen LogP) is 0.625. The van der Waals surface area contributed by atoms with Gasteiger partial charge in [0, 0.05) is 25.4 Å². The van der Waals surface area contributed by atoms with E-state index in [1.165, 1.54) is 0 Å². The first-order valence-corrected chi connectivity index (χ1v) is 8.81. The van der Waals surface area contributed by atoms with Crippen molar-refractivity contribution in [2.75, 3.05) is 13.1 Å². The van der Waals surface area contributed by atoms with E-state index in [1.807, 2.05) is 4.68 Å². The lowest BCUT2D eigenvalue weighted by Gasteiger charge is -2.35. The second-order valence-electron chi connectivity index (χ2n) is 6.63. The number of nitrogens with one attached hydrogen (secondary N) is 2. The molecule has 7 heteroatoms. The van der Waals surface area contributed by atoms with Crippen molar-refractivity contribution in [2.45, 2.75) is 70.6 Å². The van der Waals surface area contributed by atoms with Gasteiger partial charge in [-0.1, -0.05) is 6.92 Å². The van der Waals surface area contributed by atoms with E-state index in [4.69, 9.17) is 0 Å². The number of aliphatic imine (C=N–C) groups is 1. The second-order valence-corrected chi connectivity index (χ2v) is 6.63. The van der Waals surface area contributed by atoms with Crippen molar-refractivity contribution in [1.29, 1.82) is 0 Å². The van der Waals surface area contributed by atoms with Gasteiger partial charge in [0.2, 0.25) is 0 Å². The van der Waals surface area contributed by atoms with Gasteiger partial charge in [-0.25, -0.2) is 9.67 Å². The largest absolute Gasteiger partial charge is 0.388 e. The zero-order chi connectivity index (χ0) is 16.3. The fourth-order valence-electron chi connectivity index (χ4n) is 3.11. The van der Waals surface area contributed by atoms with Crippen LogP contribution in [0.25, 0.3) is 0 Å². The summed E-state index contributed by atoms with van der Waals surface area (Å²) < 4.78 is 2.02.